The maximum Gasteiger partial charge on any atom is 0.199 e. The molecule has 1 aliphatic carbocycles. The molecule has 1 aromatic carbocycles. The average molecular weight is 308 g/mol. The summed E-state index contributed by atoms with van der Waals surface area (Å²) in [6, 6.07) is 8.07. The van der Waals surface area contributed by atoms with E-state index in [1.807, 2.05) is 18.2 Å². The minimum absolute atomic E-state index is 0.265. The Morgan fingerprint density at radius 3 is 3.06 bits per heavy atom. The van der Waals surface area contributed by atoms with Crippen molar-refractivity contribution < 1.29 is 9.52 Å². The van der Waals surface area contributed by atoms with Crippen molar-refractivity contribution >= 4 is 15.9 Å². The van der Waals surface area contributed by atoms with Crippen LogP contribution in [0.1, 0.15) is 29.3 Å². The van der Waals surface area contributed by atoms with Crippen LogP contribution in [0.2, 0.25) is 0 Å². The van der Waals surface area contributed by atoms with Crippen molar-refractivity contribution in [3.05, 3.63) is 51.6 Å². The number of fused-ring (bicyclic) bond motifs is 1. The molecular formula is C14H14BrNO2. The maximum atomic E-state index is 9.61. The molecule has 0 bridgehead atoms. The molecule has 1 atom stereocenters. The van der Waals surface area contributed by atoms with Crippen LogP contribution in [0.25, 0.3) is 0 Å². The monoisotopic (exact) mass is 307 g/mol. The molecule has 0 saturated carbocycles. The van der Waals surface area contributed by atoms with Crippen molar-refractivity contribution in [1.82, 2.24) is 4.98 Å². The molecule has 1 aromatic heterocycles. The summed E-state index contributed by atoms with van der Waals surface area (Å²) >= 11 is 3.53. The molecule has 1 heterocycles. The zero-order chi connectivity index (χ0) is 12.5. The van der Waals surface area contributed by atoms with E-state index in [4.69, 9.17) is 4.42 Å². The molecule has 3 rings (SSSR count). The molecule has 4 heteroatoms. The fourth-order valence-electron chi connectivity index (χ4n) is 2.29. The van der Waals surface area contributed by atoms with Crippen molar-refractivity contribution in [1.29, 1.82) is 0 Å². The molecular weight excluding hydrogens is 294 g/mol. The molecule has 0 aliphatic heterocycles. The van der Waals surface area contributed by atoms with Gasteiger partial charge in [-0.05, 0) is 18.1 Å². The van der Waals surface area contributed by atoms with E-state index < -0.39 is 0 Å². The van der Waals surface area contributed by atoms with Crippen LogP contribution >= 0.6 is 15.9 Å². The van der Waals surface area contributed by atoms with E-state index in [2.05, 4.69) is 27.0 Å². The number of nitrogens with zero attached hydrogens (tertiary/aromatic N) is 1. The first-order valence-electron chi connectivity index (χ1n) is 6.11. The molecule has 0 radical (unpaired) electrons. The van der Waals surface area contributed by atoms with Gasteiger partial charge in [-0.2, -0.15) is 0 Å². The number of aryl methyl sites for hydroxylation is 1. The summed E-state index contributed by atoms with van der Waals surface area (Å²) in [4.78, 5) is 4.49. The van der Waals surface area contributed by atoms with Gasteiger partial charge >= 0.3 is 0 Å². The van der Waals surface area contributed by atoms with Crippen LogP contribution in [0.15, 0.2) is 33.2 Å². The zero-order valence-corrected chi connectivity index (χ0v) is 11.5. The Morgan fingerprint density at radius 2 is 2.22 bits per heavy atom. The number of hydrogen-bond acceptors (Lipinski definition) is 3. The van der Waals surface area contributed by atoms with Gasteiger partial charge in [-0.3, -0.25) is 0 Å². The van der Waals surface area contributed by atoms with E-state index >= 15 is 0 Å². The van der Waals surface area contributed by atoms with Gasteiger partial charge in [-0.15, -0.1) is 0 Å². The highest BCUT2D eigenvalue weighted by molar-refractivity contribution is 9.10. The molecule has 0 saturated heterocycles. The van der Waals surface area contributed by atoms with E-state index in [0.717, 1.165) is 40.2 Å². The zero-order valence-electron chi connectivity index (χ0n) is 9.90. The number of aliphatic hydroxyl groups is 1. The molecule has 18 heavy (non-hydrogen) atoms. The van der Waals surface area contributed by atoms with Gasteiger partial charge in [-0.25, -0.2) is 4.98 Å². The first-order valence-corrected chi connectivity index (χ1v) is 6.90. The smallest absolute Gasteiger partial charge is 0.199 e. The summed E-state index contributed by atoms with van der Waals surface area (Å²) in [6.07, 6.45) is 2.61. The summed E-state index contributed by atoms with van der Waals surface area (Å²) in [7, 11) is 0. The molecule has 94 valence electrons. The highest BCUT2D eigenvalue weighted by Gasteiger charge is 2.22. The van der Waals surface area contributed by atoms with E-state index in [9.17, 15) is 5.11 Å². The van der Waals surface area contributed by atoms with E-state index in [0.29, 0.717) is 12.8 Å². The normalized spacial score (nSPS) is 18.7. The first-order chi connectivity index (χ1) is 8.72. The van der Waals surface area contributed by atoms with Crippen LogP contribution in [-0.2, 0) is 19.3 Å². The number of aromatic nitrogens is 1. The predicted molar refractivity (Wildman–Crippen MR) is 71.5 cm³/mol. The van der Waals surface area contributed by atoms with E-state index in [1.54, 1.807) is 0 Å². The van der Waals surface area contributed by atoms with Gasteiger partial charge in [0, 0.05) is 17.3 Å². The minimum Gasteiger partial charge on any atom is -0.445 e. The van der Waals surface area contributed by atoms with Gasteiger partial charge in [0.25, 0.3) is 0 Å². The molecule has 3 nitrogen and oxygen atoms in total. The highest BCUT2D eigenvalue weighted by Crippen LogP contribution is 2.25. The van der Waals surface area contributed by atoms with E-state index in [-0.39, 0.29) is 6.10 Å². The van der Waals surface area contributed by atoms with Crippen molar-refractivity contribution in [3.8, 4) is 0 Å². The van der Waals surface area contributed by atoms with Crippen LogP contribution in [0, 0.1) is 0 Å². The lowest BCUT2D eigenvalue weighted by molar-refractivity contribution is 0.153. The van der Waals surface area contributed by atoms with Crippen LogP contribution < -0.4 is 0 Å². The van der Waals surface area contributed by atoms with Crippen LogP contribution in [0.5, 0.6) is 0 Å². The van der Waals surface area contributed by atoms with Crippen molar-refractivity contribution in [2.75, 3.05) is 0 Å². The van der Waals surface area contributed by atoms with Crippen molar-refractivity contribution in [2.45, 2.75) is 31.8 Å². The molecule has 1 N–H and O–H groups in total. The Labute approximate surface area is 114 Å². The second kappa shape index (κ2) is 4.86. The molecule has 1 aliphatic rings. The standard InChI is InChI=1S/C14H14BrNO2/c15-11-4-2-1-3-9(11)7-14-16-12-8-10(17)5-6-13(12)18-14/h1-4,10,17H,5-8H2. The molecule has 2 aromatic rings. The Bertz CT molecular complexity index is 565. The van der Waals surface area contributed by atoms with Crippen LogP contribution in [0.4, 0.5) is 0 Å². The van der Waals surface area contributed by atoms with E-state index in [1.165, 1.54) is 0 Å². The Hall–Kier alpha value is -1.13. The van der Waals surface area contributed by atoms with Gasteiger partial charge in [0.2, 0.25) is 0 Å². The first kappa shape index (κ1) is 11.9. The quantitative estimate of drug-likeness (QED) is 0.928. The SMILES string of the molecule is OC1CCc2oc(Cc3ccccc3Br)nc2C1. The van der Waals surface area contributed by atoms with Gasteiger partial charge < -0.3 is 9.52 Å². The second-order valence-corrected chi connectivity index (χ2v) is 5.50. The Kier molecular flexibility index (Phi) is 3.22. The number of oxazole rings is 1. The maximum absolute atomic E-state index is 9.61. The number of hydrogen-bond donors (Lipinski definition) is 1. The fourth-order valence-corrected chi connectivity index (χ4v) is 2.72. The van der Waals surface area contributed by atoms with Gasteiger partial charge in [-0.1, -0.05) is 34.1 Å². The van der Waals surface area contributed by atoms with Gasteiger partial charge in [0.05, 0.1) is 18.2 Å². The fraction of sp³-hybridized carbons (Fsp3) is 0.357. The largest absolute Gasteiger partial charge is 0.445 e. The summed E-state index contributed by atoms with van der Waals surface area (Å²) in [5.41, 5.74) is 2.09. The third kappa shape index (κ3) is 2.35. The summed E-state index contributed by atoms with van der Waals surface area (Å²) in [5.74, 6) is 1.68. The number of benzene rings is 1. The van der Waals surface area contributed by atoms with Gasteiger partial charge in [0.1, 0.15) is 5.76 Å². The van der Waals surface area contributed by atoms with Gasteiger partial charge in [0.15, 0.2) is 5.89 Å². The molecule has 1 unspecified atom stereocenters. The van der Waals surface area contributed by atoms with Crippen LogP contribution in [-0.4, -0.2) is 16.2 Å². The van der Waals surface area contributed by atoms with Crippen LogP contribution in [0.3, 0.4) is 0 Å². The third-order valence-electron chi connectivity index (χ3n) is 3.26. The summed E-state index contributed by atoms with van der Waals surface area (Å²) in [5, 5.41) is 9.61. The number of halogens is 1. The minimum atomic E-state index is -0.265. The topological polar surface area (TPSA) is 46.3 Å². The molecule has 0 spiro atoms. The summed E-state index contributed by atoms with van der Waals surface area (Å²) < 4.78 is 6.84. The molecule has 0 fully saturated rings. The lowest BCUT2D eigenvalue weighted by Crippen LogP contribution is -2.17. The lowest BCUT2D eigenvalue weighted by Gasteiger charge is -2.13. The lowest BCUT2D eigenvalue weighted by atomic mass is 9.99. The highest BCUT2D eigenvalue weighted by atomic mass is 79.9. The number of rotatable bonds is 2. The summed E-state index contributed by atoms with van der Waals surface area (Å²) in [6.45, 7) is 0. The molecule has 0 amide bonds. The Morgan fingerprint density at radius 1 is 1.39 bits per heavy atom. The number of aliphatic hydroxyl groups excluding tert-OH is 1. The third-order valence-corrected chi connectivity index (χ3v) is 4.03. The Balaban J connectivity index is 1.84. The predicted octanol–water partition coefficient (Wildman–Crippen LogP) is 2.88. The van der Waals surface area contributed by atoms with Crippen molar-refractivity contribution in [2.24, 2.45) is 0 Å². The van der Waals surface area contributed by atoms with Crippen molar-refractivity contribution in [3.63, 3.8) is 0 Å². The average Bonchev–Trinajstić information content (AvgIpc) is 2.73. The second-order valence-electron chi connectivity index (χ2n) is 4.64.